The molecule has 0 saturated carbocycles. The summed E-state index contributed by atoms with van der Waals surface area (Å²) < 4.78 is 79.5. The van der Waals surface area contributed by atoms with Crippen molar-refractivity contribution in [2.75, 3.05) is 22.9 Å². The first kappa shape index (κ1) is 27.1. The van der Waals surface area contributed by atoms with E-state index in [1.807, 2.05) is 0 Å². The first-order valence-electron chi connectivity index (χ1n) is 11.7. The summed E-state index contributed by atoms with van der Waals surface area (Å²) in [6, 6.07) is 28.4. The van der Waals surface area contributed by atoms with Crippen molar-refractivity contribution in [2.24, 2.45) is 0 Å². The summed E-state index contributed by atoms with van der Waals surface area (Å²) in [5, 5.41) is 10.9. The molecule has 0 spiro atoms. The Kier molecular flexibility index (Phi) is 7.97. The molecule has 0 unspecified atom stereocenters. The zero-order valence-corrected chi connectivity index (χ0v) is 20.0. The second-order valence-corrected chi connectivity index (χ2v) is 8.66. The summed E-state index contributed by atoms with van der Waals surface area (Å²) in [6.45, 7) is -2.37. The molecule has 0 heterocycles. The topological polar surface area (TPSA) is 26.7 Å². The van der Waals surface area contributed by atoms with Gasteiger partial charge in [-0.15, -0.1) is 0 Å². The van der Waals surface area contributed by atoms with Crippen LogP contribution in [0.4, 0.5) is 49.1 Å². The van der Waals surface area contributed by atoms with Crippen molar-refractivity contribution >= 4 is 22.7 Å². The SMILES string of the molecule is OC(c1ccc(N(CC(F)(F)F)c2ccccc2)cc1)c1ccc(N(CC(F)(F)F)c2ccccc2)cc1. The highest BCUT2D eigenvalue weighted by molar-refractivity contribution is 5.65. The van der Waals surface area contributed by atoms with Gasteiger partial charge in [-0.05, 0) is 59.7 Å². The van der Waals surface area contributed by atoms with E-state index in [9.17, 15) is 31.4 Å². The zero-order valence-electron chi connectivity index (χ0n) is 20.0. The first-order valence-corrected chi connectivity index (χ1v) is 11.7. The third-order valence-electron chi connectivity index (χ3n) is 5.85. The van der Waals surface area contributed by atoms with E-state index >= 15 is 0 Å². The summed E-state index contributed by atoms with van der Waals surface area (Å²) in [7, 11) is 0. The minimum absolute atomic E-state index is 0.297. The fraction of sp³-hybridized carbons (Fsp3) is 0.172. The molecule has 4 aromatic rings. The van der Waals surface area contributed by atoms with E-state index in [2.05, 4.69) is 0 Å². The average molecular weight is 531 g/mol. The van der Waals surface area contributed by atoms with Gasteiger partial charge in [-0.2, -0.15) is 26.3 Å². The monoisotopic (exact) mass is 530 g/mol. The third-order valence-corrected chi connectivity index (χ3v) is 5.85. The van der Waals surface area contributed by atoms with Crippen molar-refractivity contribution in [2.45, 2.75) is 18.5 Å². The third kappa shape index (κ3) is 7.07. The van der Waals surface area contributed by atoms with Gasteiger partial charge >= 0.3 is 12.4 Å². The number of hydrogen-bond donors (Lipinski definition) is 1. The lowest BCUT2D eigenvalue weighted by atomic mass is 10.0. The van der Waals surface area contributed by atoms with Crippen molar-refractivity contribution in [3.05, 3.63) is 120 Å². The predicted octanol–water partition coefficient (Wildman–Crippen LogP) is 8.17. The predicted molar refractivity (Wildman–Crippen MR) is 136 cm³/mol. The molecule has 9 heteroatoms. The molecule has 0 radical (unpaired) electrons. The van der Waals surface area contributed by atoms with Gasteiger partial charge in [0.15, 0.2) is 0 Å². The van der Waals surface area contributed by atoms with E-state index in [1.54, 1.807) is 60.7 Å². The van der Waals surface area contributed by atoms with Crippen LogP contribution in [0, 0.1) is 0 Å². The van der Waals surface area contributed by atoms with Gasteiger partial charge in [-0.25, -0.2) is 0 Å². The highest BCUT2D eigenvalue weighted by Crippen LogP contribution is 2.34. The molecule has 4 aromatic carbocycles. The lowest BCUT2D eigenvalue weighted by Gasteiger charge is -2.27. The number of aliphatic hydroxyl groups is 1. The second kappa shape index (κ2) is 11.2. The highest BCUT2D eigenvalue weighted by atomic mass is 19.4. The van der Waals surface area contributed by atoms with Crippen molar-refractivity contribution in [1.82, 2.24) is 0 Å². The summed E-state index contributed by atoms with van der Waals surface area (Å²) in [5.41, 5.74) is 2.19. The zero-order chi connectivity index (χ0) is 27.3. The molecule has 3 nitrogen and oxygen atoms in total. The number of alkyl halides is 6. The number of para-hydroxylation sites is 2. The summed E-state index contributed by atoms with van der Waals surface area (Å²) in [5.74, 6) is 0. The van der Waals surface area contributed by atoms with Gasteiger partial charge in [0.2, 0.25) is 0 Å². The van der Waals surface area contributed by atoms with E-state index < -0.39 is 31.5 Å². The lowest BCUT2D eigenvalue weighted by molar-refractivity contribution is -0.119. The molecule has 0 atom stereocenters. The Hall–Kier alpha value is -3.98. The van der Waals surface area contributed by atoms with E-state index in [-0.39, 0.29) is 0 Å². The van der Waals surface area contributed by atoms with Gasteiger partial charge in [0, 0.05) is 22.7 Å². The Morgan fingerprint density at radius 3 is 1.05 bits per heavy atom. The largest absolute Gasteiger partial charge is 0.406 e. The van der Waals surface area contributed by atoms with Crippen LogP contribution in [-0.4, -0.2) is 30.5 Å². The summed E-state index contributed by atoms with van der Waals surface area (Å²) >= 11 is 0. The fourth-order valence-corrected chi connectivity index (χ4v) is 4.10. The van der Waals surface area contributed by atoms with Crippen LogP contribution in [0.15, 0.2) is 109 Å². The Balaban J connectivity index is 1.56. The Labute approximate surface area is 216 Å². The number of nitrogens with zero attached hydrogens (tertiary/aromatic N) is 2. The molecular formula is C29H24F6N2O. The van der Waals surface area contributed by atoms with Crippen molar-refractivity contribution in [3.8, 4) is 0 Å². The molecule has 198 valence electrons. The summed E-state index contributed by atoms with van der Waals surface area (Å²) in [4.78, 5) is 2.26. The van der Waals surface area contributed by atoms with Gasteiger partial charge in [-0.1, -0.05) is 60.7 Å². The summed E-state index contributed by atoms with van der Waals surface area (Å²) in [6.07, 6.45) is -10.00. The van der Waals surface area contributed by atoms with Crippen LogP contribution in [0.1, 0.15) is 17.2 Å². The van der Waals surface area contributed by atoms with Gasteiger partial charge in [0.25, 0.3) is 0 Å². The maximum absolute atomic E-state index is 13.2. The molecule has 0 aliphatic carbocycles. The quantitative estimate of drug-likeness (QED) is 0.233. The van der Waals surface area contributed by atoms with Gasteiger partial charge in [0.05, 0.1) is 0 Å². The van der Waals surface area contributed by atoms with Crippen LogP contribution in [0.3, 0.4) is 0 Å². The molecule has 0 amide bonds. The average Bonchev–Trinajstić information content (AvgIpc) is 2.90. The van der Waals surface area contributed by atoms with E-state index in [4.69, 9.17) is 0 Å². The number of aliphatic hydroxyl groups excluding tert-OH is 1. The van der Waals surface area contributed by atoms with E-state index in [1.165, 1.54) is 48.5 Å². The highest BCUT2D eigenvalue weighted by Gasteiger charge is 2.33. The van der Waals surface area contributed by atoms with Crippen molar-refractivity contribution < 1.29 is 31.4 Å². The molecule has 4 rings (SSSR count). The Morgan fingerprint density at radius 1 is 0.474 bits per heavy atom. The van der Waals surface area contributed by atoms with Crippen LogP contribution in [0.5, 0.6) is 0 Å². The molecule has 0 aliphatic rings. The number of anilines is 4. The van der Waals surface area contributed by atoms with Crippen LogP contribution in [-0.2, 0) is 0 Å². The molecule has 38 heavy (non-hydrogen) atoms. The minimum atomic E-state index is -4.43. The van der Waals surface area contributed by atoms with Crippen molar-refractivity contribution in [3.63, 3.8) is 0 Å². The number of rotatable bonds is 8. The van der Waals surface area contributed by atoms with Gasteiger partial charge in [-0.3, -0.25) is 0 Å². The van der Waals surface area contributed by atoms with E-state index in [0.717, 1.165) is 9.80 Å². The molecular weight excluding hydrogens is 506 g/mol. The lowest BCUT2D eigenvalue weighted by Crippen LogP contribution is -2.30. The van der Waals surface area contributed by atoms with Gasteiger partial charge < -0.3 is 14.9 Å². The van der Waals surface area contributed by atoms with Crippen molar-refractivity contribution in [1.29, 1.82) is 0 Å². The van der Waals surface area contributed by atoms with Crippen LogP contribution in [0.2, 0.25) is 0 Å². The normalized spacial score (nSPS) is 12.0. The van der Waals surface area contributed by atoms with Crippen LogP contribution >= 0.6 is 0 Å². The first-order chi connectivity index (χ1) is 18.0. The smallest absolute Gasteiger partial charge is 0.384 e. The molecule has 0 aromatic heterocycles. The van der Waals surface area contributed by atoms with Gasteiger partial charge in [0.1, 0.15) is 19.2 Å². The molecule has 0 aliphatic heterocycles. The number of benzene rings is 4. The maximum Gasteiger partial charge on any atom is 0.406 e. The number of hydrogen-bond acceptors (Lipinski definition) is 3. The molecule has 1 N–H and O–H groups in total. The Bertz CT molecular complexity index is 1190. The molecule has 0 fully saturated rings. The minimum Gasteiger partial charge on any atom is -0.384 e. The molecule has 0 saturated heterocycles. The molecule has 0 bridgehead atoms. The van der Waals surface area contributed by atoms with Crippen LogP contribution in [0.25, 0.3) is 0 Å². The maximum atomic E-state index is 13.2. The number of halogens is 6. The van der Waals surface area contributed by atoms with Crippen LogP contribution < -0.4 is 9.80 Å². The Morgan fingerprint density at radius 2 is 0.763 bits per heavy atom. The fourth-order valence-electron chi connectivity index (χ4n) is 4.10. The van der Waals surface area contributed by atoms with E-state index in [0.29, 0.717) is 33.9 Å². The standard InChI is InChI=1S/C29H24F6N2O/c30-28(31,32)19-36(23-7-3-1-4-8-23)25-15-11-21(12-16-25)27(38)22-13-17-26(18-14-22)37(20-29(33,34)35)24-9-5-2-6-10-24/h1-18,27,38H,19-20H2. The second-order valence-electron chi connectivity index (χ2n) is 8.66.